The van der Waals surface area contributed by atoms with Gasteiger partial charge in [-0.05, 0) is 50.7 Å². The van der Waals surface area contributed by atoms with E-state index in [2.05, 4.69) is 45.9 Å². The maximum Gasteiger partial charge on any atom is 0.209 e. The third-order valence-electron chi connectivity index (χ3n) is 6.47. The van der Waals surface area contributed by atoms with Crippen LogP contribution in [0.4, 0.5) is 0 Å². The van der Waals surface area contributed by atoms with Crippen molar-refractivity contribution in [2.24, 2.45) is 5.11 Å². The Balaban J connectivity index is 0.000000242. The van der Waals surface area contributed by atoms with Crippen LogP contribution in [0.3, 0.4) is 0 Å². The van der Waals surface area contributed by atoms with Gasteiger partial charge in [-0.1, -0.05) is 20.3 Å². The number of hydrogen-bond acceptors (Lipinski definition) is 7. The van der Waals surface area contributed by atoms with Crippen LogP contribution in [0.15, 0.2) is 28.7 Å². The summed E-state index contributed by atoms with van der Waals surface area (Å²) in [6.45, 7) is 13.4. The Morgan fingerprint density at radius 3 is 2.26 bits per heavy atom. The van der Waals surface area contributed by atoms with Crippen LogP contribution in [-0.4, -0.2) is 105 Å². The van der Waals surface area contributed by atoms with Crippen molar-refractivity contribution in [3.05, 3.63) is 23.5 Å². The minimum absolute atomic E-state index is 0.733. The van der Waals surface area contributed by atoms with Crippen molar-refractivity contribution < 1.29 is 9.53 Å². The van der Waals surface area contributed by atoms with E-state index in [0.29, 0.717) is 0 Å². The zero-order chi connectivity index (χ0) is 22.5. The molecule has 1 aliphatic carbocycles. The first-order valence-corrected chi connectivity index (χ1v) is 11.8. The number of nitrogens with zero attached hydrogens (tertiary/aromatic N) is 5. The summed E-state index contributed by atoms with van der Waals surface area (Å²) in [5.74, 6) is 0. The average molecular weight is 435 g/mol. The first-order valence-electron chi connectivity index (χ1n) is 11.8. The van der Waals surface area contributed by atoms with Crippen LogP contribution >= 0.6 is 0 Å². The molecular formula is C23H42N6O2. The third kappa shape index (κ3) is 8.71. The van der Waals surface area contributed by atoms with E-state index in [-0.39, 0.29) is 0 Å². The number of morpholine rings is 1. The molecule has 2 heterocycles. The van der Waals surface area contributed by atoms with Gasteiger partial charge in [-0.3, -0.25) is 9.69 Å². The van der Waals surface area contributed by atoms with Crippen LogP contribution in [0.5, 0.6) is 0 Å². The molecule has 0 atom stereocenters. The van der Waals surface area contributed by atoms with Crippen LogP contribution in [-0.2, 0) is 9.53 Å². The fourth-order valence-corrected chi connectivity index (χ4v) is 3.88. The number of nitrogens with one attached hydrogen (secondary N) is 1. The normalized spacial score (nSPS) is 21.4. The first-order chi connectivity index (χ1) is 15.1. The molecule has 0 spiro atoms. The Morgan fingerprint density at radius 1 is 1.10 bits per heavy atom. The minimum atomic E-state index is 0.733. The van der Waals surface area contributed by atoms with Gasteiger partial charge in [0.2, 0.25) is 6.41 Å². The van der Waals surface area contributed by atoms with Gasteiger partial charge in [0.15, 0.2) is 0 Å². The van der Waals surface area contributed by atoms with Gasteiger partial charge < -0.3 is 19.4 Å². The number of amides is 1. The van der Waals surface area contributed by atoms with E-state index >= 15 is 0 Å². The monoisotopic (exact) mass is 434 g/mol. The lowest BCUT2D eigenvalue weighted by atomic mass is 9.91. The molecule has 1 saturated carbocycles. The number of carbonyl (C=O) groups excluding carboxylic acids is 1. The quantitative estimate of drug-likeness (QED) is 0.343. The topological polar surface area (TPSA) is 75.5 Å². The molecule has 176 valence electrons. The highest BCUT2D eigenvalue weighted by molar-refractivity contribution is 5.47. The summed E-state index contributed by atoms with van der Waals surface area (Å²) < 4.78 is 5.33. The summed E-state index contributed by atoms with van der Waals surface area (Å²) >= 11 is 0. The molecule has 2 aliphatic heterocycles. The molecule has 0 aromatic rings. The van der Waals surface area contributed by atoms with E-state index in [1.54, 1.807) is 0 Å². The number of ether oxygens (including phenoxy) is 1. The van der Waals surface area contributed by atoms with Crippen LogP contribution < -0.4 is 0 Å². The summed E-state index contributed by atoms with van der Waals surface area (Å²) in [6, 6.07) is 0.846. The van der Waals surface area contributed by atoms with Crippen molar-refractivity contribution in [1.82, 2.24) is 19.6 Å². The Hall–Kier alpha value is -1.77. The highest BCUT2D eigenvalue weighted by Gasteiger charge is 2.27. The first kappa shape index (κ1) is 25.5. The minimum Gasteiger partial charge on any atom is -0.378 e. The third-order valence-corrected chi connectivity index (χ3v) is 6.47. The number of allylic oxidation sites excluding steroid dienone is 2. The van der Waals surface area contributed by atoms with E-state index in [0.717, 1.165) is 95.7 Å². The van der Waals surface area contributed by atoms with Gasteiger partial charge in [0, 0.05) is 51.9 Å². The standard InChI is InChI=1S/C14H26N4O.C9H16N2O/c1-4-13(14(16-15)12-17(3)5-2)6-7-18-8-10-19-11-9-18;12-8-10-4-6-11(7-5-10)9-2-1-3-9/h6-7,15H,4-5,8-12H2,1-3H3;8-9H,1-7H2/b7-6+,14-13-,16-15?;. The molecule has 1 amide bonds. The molecule has 3 rings (SSSR count). The van der Waals surface area contributed by atoms with Crippen LogP contribution in [0.25, 0.3) is 0 Å². The zero-order valence-corrected chi connectivity index (χ0v) is 19.8. The number of piperazine rings is 1. The number of rotatable bonds is 9. The number of carbonyl (C=O) groups is 1. The van der Waals surface area contributed by atoms with E-state index < -0.39 is 0 Å². The fraction of sp³-hybridized carbons (Fsp3) is 0.783. The zero-order valence-electron chi connectivity index (χ0n) is 19.8. The second kappa shape index (κ2) is 14.3. The predicted molar refractivity (Wildman–Crippen MR) is 124 cm³/mol. The molecule has 0 aromatic heterocycles. The molecule has 8 heteroatoms. The smallest absolute Gasteiger partial charge is 0.209 e. The number of likely N-dealkylation sites (N-methyl/N-ethyl adjacent to an activating group) is 1. The highest BCUT2D eigenvalue weighted by Crippen LogP contribution is 2.25. The molecule has 0 bridgehead atoms. The van der Waals surface area contributed by atoms with Gasteiger partial charge in [0.05, 0.1) is 18.9 Å². The maximum absolute atomic E-state index is 10.4. The molecule has 0 aromatic carbocycles. The molecular weight excluding hydrogens is 392 g/mol. The summed E-state index contributed by atoms with van der Waals surface area (Å²) in [4.78, 5) is 19.2. The van der Waals surface area contributed by atoms with Crippen molar-refractivity contribution in [3.63, 3.8) is 0 Å². The van der Waals surface area contributed by atoms with E-state index in [4.69, 9.17) is 10.3 Å². The second-order valence-corrected chi connectivity index (χ2v) is 8.49. The molecule has 3 aliphatic rings. The van der Waals surface area contributed by atoms with Crippen LogP contribution in [0.2, 0.25) is 0 Å². The molecule has 2 saturated heterocycles. The lowest BCUT2D eigenvalue weighted by molar-refractivity contribution is -0.120. The maximum atomic E-state index is 10.4. The van der Waals surface area contributed by atoms with Gasteiger partial charge in [-0.15, -0.1) is 0 Å². The molecule has 0 radical (unpaired) electrons. The van der Waals surface area contributed by atoms with E-state index in [1.165, 1.54) is 19.3 Å². The predicted octanol–water partition coefficient (Wildman–Crippen LogP) is 2.79. The van der Waals surface area contributed by atoms with E-state index in [1.807, 2.05) is 11.9 Å². The largest absolute Gasteiger partial charge is 0.378 e. The van der Waals surface area contributed by atoms with Crippen molar-refractivity contribution in [3.8, 4) is 0 Å². The highest BCUT2D eigenvalue weighted by atomic mass is 16.5. The number of hydrogen-bond donors (Lipinski definition) is 1. The lowest BCUT2D eigenvalue weighted by Crippen LogP contribution is -2.51. The van der Waals surface area contributed by atoms with E-state index in [9.17, 15) is 4.79 Å². The summed E-state index contributed by atoms with van der Waals surface area (Å²) in [7, 11) is 2.05. The Bertz CT molecular complexity index is 591. The summed E-state index contributed by atoms with van der Waals surface area (Å²) in [6.07, 6.45) is 10.2. The summed E-state index contributed by atoms with van der Waals surface area (Å²) in [5, 5.41) is 3.70. The van der Waals surface area contributed by atoms with Gasteiger partial charge >= 0.3 is 0 Å². The Morgan fingerprint density at radius 2 is 1.77 bits per heavy atom. The van der Waals surface area contributed by atoms with Gasteiger partial charge in [-0.25, -0.2) is 5.53 Å². The molecule has 0 unspecified atom stereocenters. The summed E-state index contributed by atoms with van der Waals surface area (Å²) in [5.41, 5.74) is 9.36. The molecule has 3 fully saturated rings. The van der Waals surface area contributed by atoms with Crippen molar-refractivity contribution in [2.45, 2.75) is 45.6 Å². The van der Waals surface area contributed by atoms with Crippen LogP contribution in [0, 0.1) is 5.53 Å². The fourth-order valence-electron chi connectivity index (χ4n) is 3.88. The van der Waals surface area contributed by atoms with Crippen molar-refractivity contribution in [2.75, 3.05) is 72.6 Å². The van der Waals surface area contributed by atoms with Gasteiger partial charge in [0.1, 0.15) is 0 Å². The van der Waals surface area contributed by atoms with Crippen molar-refractivity contribution >= 4 is 6.41 Å². The Labute approximate surface area is 188 Å². The molecule has 1 N–H and O–H groups in total. The molecule has 31 heavy (non-hydrogen) atoms. The molecule has 8 nitrogen and oxygen atoms in total. The van der Waals surface area contributed by atoms with Crippen LogP contribution in [0.1, 0.15) is 39.5 Å². The lowest BCUT2D eigenvalue weighted by Gasteiger charge is -2.42. The SMILES string of the molecule is CCC(/C=C/N1CCOCC1)=C(\CN(C)CC)N=N.O=CN1CCN(C2CCC2)CC1. The van der Waals surface area contributed by atoms with Gasteiger partial charge in [0.25, 0.3) is 0 Å². The van der Waals surface area contributed by atoms with Gasteiger partial charge in [-0.2, -0.15) is 5.11 Å². The average Bonchev–Trinajstić information content (AvgIpc) is 2.79. The second-order valence-electron chi connectivity index (χ2n) is 8.49. The Kier molecular flexibility index (Phi) is 11.8. The van der Waals surface area contributed by atoms with Crippen molar-refractivity contribution in [1.29, 1.82) is 5.53 Å².